The Balaban J connectivity index is 1.38. The first kappa shape index (κ1) is 54.9. The van der Waals surface area contributed by atoms with Crippen LogP contribution < -0.4 is 16.4 Å². The zero-order valence-corrected chi connectivity index (χ0v) is 38.8. The fourth-order valence-corrected chi connectivity index (χ4v) is 9.68. The number of carbonyl (C=O) groups is 3. The van der Waals surface area contributed by atoms with Crippen LogP contribution >= 0.6 is 35.2 Å². The van der Waals surface area contributed by atoms with Gasteiger partial charge in [-0.1, -0.05) is 78.0 Å². The molecule has 0 saturated carbocycles. The van der Waals surface area contributed by atoms with Gasteiger partial charge in [-0.15, -0.1) is 0 Å². The van der Waals surface area contributed by atoms with Gasteiger partial charge >= 0.3 is 23.5 Å². The van der Waals surface area contributed by atoms with Crippen molar-refractivity contribution in [3.63, 3.8) is 0 Å². The molecule has 0 spiro atoms. The molecule has 0 radical (unpaired) electrons. The van der Waals surface area contributed by atoms with E-state index in [4.69, 9.17) is 19.5 Å². The van der Waals surface area contributed by atoms with Gasteiger partial charge in [0.05, 0.1) is 25.6 Å². The fourth-order valence-electron chi connectivity index (χ4n) is 6.11. The lowest BCUT2D eigenvalue weighted by Gasteiger charge is -2.30. The number of anilines is 1. The molecule has 11 N–H and O–H groups in total. The first-order valence-corrected chi connectivity index (χ1v) is 25.5. The maximum absolute atomic E-state index is 12.7. The van der Waals surface area contributed by atoms with Gasteiger partial charge in [0.1, 0.15) is 36.3 Å². The highest BCUT2D eigenvalue weighted by atomic mass is 32.2. The van der Waals surface area contributed by atoms with Gasteiger partial charge in [0.2, 0.25) is 11.8 Å². The van der Waals surface area contributed by atoms with Gasteiger partial charge in [0.25, 0.3) is 0 Å². The summed E-state index contributed by atoms with van der Waals surface area (Å²) in [5.41, 5.74) is 4.25. The number of nitrogens with one attached hydrogen (secondary N) is 2. The van der Waals surface area contributed by atoms with E-state index in [0.29, 0.717) is 12.3 Å². The van der Waals surface area contributed by atoms with Gasteiger partial charge < -0.3 is 56.0 Å². The molecule has 1 aliphatic rings. The summed E-state index contributed by atoms with van der Waals surface area (Å²) in [5.74, 6) is -0.531. The minimum Gasteiger partial charge on any atom is -0.393 e. The predicted molar refractivity (Wildman–Crippen MR) is 225 cm³/mol. The Morgan fingerprint density at radius 2 is 1.60 bits per heavy atom. The van der Waals surface area contributed by atoms with E-state index in [1.165, 1.54) is 26.7 Å². The zero-order chi connectivity index (χ0) is 47.2. The van der Waals surface area contributed by atoms with Crippen molar-refractivity contribution in [3.05, 3.63) is 12.7 Å². The fraction of sp³-hybridized carbons (Fsp3) is 0.765. The number of nitrogens with two attached hydrogens (primary N) is 1. The Morgan fingerprint density at radius 3 is 2.27 bits per heavy atom. The number of aliphatic hydroxyl groups excluding tert-OH is 3. The molecule has 63 heavy (non-hydrogen) atoms. The number of carbonyl (C=O) groups excluding carboxylic acids is 3. The summed E-state index contributed by atoms with van der Waals surface area (Å²) in [6.07, 6.45) is -0.599. The molecule has 2 unspecified atom stereocenters. The Labute approximate surface area is 368 Å². The van der Waals surface area contributed by atoms with Crippen LogP contribution in [-0.2, 0) is 50.7 Å². The Bertz CT molecular complexity index is 1960. The summed E-state index contributed by atoms with van der Waals surface area (Å²) in [6, 6.07) is 0. The molecule has 1 fully saturated rings. The Morgan fingerprint density at radius 1 is 0.952 bits per heavy atom. The maximum atomic E-state index is 12.7. The number of nitrogens with zero attached hydrogens (tertiary/aromatic N) is 4. The second-order valence-corrected chi connectivity index (χ2v) is 21.3. The number of amides is 2. The van der Waals surface area contributed by atoms with Crippen LogP contribution in [0, 0.1) is 11.3 Å². The lowest BCUT2D eigenvalue weighted by atomic mass is 9.87. The molecule has 1 saturated heterocycles. The van der Waals surface area contributed by atoms with Crippen molar-refractivity contribution >= 4 is 69.1 Å². The van der Waals surface area contributed by atoms with Crippen molar-refractivity contribution < 1.29 is 85.6 Å². The number of thioether (sulfide) groups is 1. The number of aromatic nitrogens is 4. The molecule has 0 aliphatic carbocycles. The number of nitrogen functional groups attached to an aromatic ring is 1. The van der Waals surface area contributed by atoms with Crippen LogP contribution in [0.3, 0.4) is 0 Å². The first-order chi connectivity index (χ1) is 29.3. The summed E-state index contributed by atoms with van der Waals surface area (Å²) >= 11 is 0.992. The quantitative estimate of drug-likeness (QED) is 0.0410. The summed E-state index contributed by atoms with van der Waals surface area (Å²) < 4.78 is 62.3. The zero-order valence-electron chi connectivity index (χ0n) is 35.3. The Hall–Kier alpha value is -2.48. The monoisotopic (exact) mass is 979 g/mol. The molecule has 25 nitrogen and oxygen atoms in total. The molecule has 29 heteroatoms. The van der Waals surface area contributed by atoms with Gasteiger partial charge in [0.15, 0.2) is 22.8 Å². The molecule has 1 aliphatic heterocycles. The van der Waals surface area contributed by atoms with Crippen molar-refractivity contribution in [1.29, 1.82) is 0 Å². The first-order valence-electron chi connectivity index (χ1n) is 20.0. The summed E-state index contributed by atoms with van der Waals surface area (Å²) in [7, 11) is -16.4. The molecule has 2 amide bonds. The summed E-state index contributed by atoms with van der Waals surface area (Å²) in [4.78, 5) is 88.1. The molecule has 2 aromatic heterocycles. The van der Waals surface area contributed by atoms with Crippen LogP contribution in [0.15, 0.2) is 12.7 Å². The third-order valence-electron chi connectivity index (χ3n) is 9.49. The molecule has 8 atom stereocenters. The number of ether oxygens (including phenoxy) is 1. The molecule has 3 rings (SSSR count). The second-order valence-electron chi connectivity index (χ2n) is 15.9. The molecular weight excluding hydrogens is 919 g/mol. The third kappa shape index (κ3) is 19.1. The van der Waals surface area contributed by atoms with Crippen molar-refractivity contribution in [3.8, 4) is 0 Å². The SMILES string of the molecule is CC(C)CCCCCCC[C@H](O)CC(=O)SCCNC(=O)CCNC(=O)[C@H](O)C(C)(C)COP(=O)(O)OP(=O)(O)OC[C@H]1O[C@@H](n2cnc3c(N)ncnc32)[C@H](O)[C@@H]1OP(=O)(O)O. The number of fused-ring (bicyclic) bond motifs is 1. The largest absolute Gasteiger partial charge is 0.481 e. The van der Waals surface area contributed by atoms with E-state index in [0.717, 1.165) is 54.7 Å². The van der Waals surface area contributed by atoms with E-state index in [9.17, 15) is 63.0 Å². The van der Waals surface area contributed by atoms with Crippen LogP contribution in [0.2, 0.25) is 0 Å². The number of aliphatic hydroxyl groups is 3. The van der Waals surface area contributed by atoms with E-state index < -0.39 is 90.7 Å². The second kappa shape index (κ2) is 24.9. The van der Waals surface area contributed by atoms with Crippen LogP contribution in [-0.4, -0.2) is 134 Å². The van der Waals surface area contributed by atoms with E-state index in [1.807, 2.05) is 0 Å². The number of phosphoric ester groups is 3. The molecule has 3 heterocycles. The minimum atomic E-state index is -5.58. The van der Waals surface area contributed by atoms with Gasteiger partial charge in [-0.2, -0.15) is 4.31 Å². The lowest BCUT2D eigenvalue weighted by molar-refractivity contribution is -0.137. The van der Waals surface area contributed by atoms with Crippen molar-refractivity contribution in [2.45, 2.75) is 122 Å². The van der Waals surface area contributed by atoms with Crippen LogP contribution in [0.25, 0.3) is 11.2 Å². The molecule has 360 valence electrons. The maximum Gasteiger partial charge on any atom is 0.481 e. The normalized spacial score (nSPS) is 21.2. The molecule has 0 bridgehead atoms. The number of unbranched alkanes of at least 4 members (excludes halogenated alkanes) is 4. The standard InChI is InChI=1S/C34H60N7O18P3S/c1-21(2)10-8-6-5-7-9-11-22(42)16-25(44)63-15-14-36-24(43)12-13-37-32(47)29(46)34(3,4)18-56-62(53,54)59-61(51,52)55-17-23-28(58-60(48,49)50)27(45)33(57-23)41-20-40-26-30(35)38-19-39-31(26)41/h19-23,27-29,33,42,45-46H,5-18H2,1-4H3,(H,36,43)(H,37,47)(H,51,52)(H,53,54)(H2,35,38,39)(H2,48,49,50)/t22-,23+,27+,28+,29-,33+/m0/s1. The van der Waals surface area contributed by atoms with E-state index >= 15 is 0 Å². The van der Waals surface area contributed by atoms with Crippen molar-refractivity contribution in [1.82, 2.24) is 30.2 Å². The number of hydrogen-bond acceptors (Lipinski definition) is 19. The smallest absolute Gasteiger partial charge is 0.393 e. The number of phosphoric acid groups is 3. The van der Waals surface area contributed by atoms with E-state index in [2.05, 4.69) is 48.3 Å². The molecule has 0 aromatic carbocycles. The van der Waals surface area contributed by atoms with Gasteiger partial charge in [-0.3, -0.25) is 32.5 Å². The number of imidazole rings is 1. The average molecular weight is 980 g/mol. The molecular formula is C34H60N7O18P3S. The van der Waals surface area contributed by atoms with Crippen LogP contribution in [0.1, 0.15) is 91.7 Å². The average Bonchev–Trinajstić information content (AvgIpc) is 3.74. The predicted octanol–water partition coefficient (Wildman–Crippen LogP) is 1.80. The minimum absolute atomic E-state index is 0.0217. The highest BCUT2D eigenvalue weighted by Gasteiger charge is 2.50. The van der Waals surface area contributed by atoms with Crippen LogP contribution in [0.5, 0.6) is 0 Å². The Kier molecular flexibility index (Phi) is 21.7. The van der Waals surface area contributed by atoms with E-state index in [1.54, 1.807) is 0 Å². The highest BCUT2D eigenvalue weighted by molar-refractivity contribution is 8.13. The number of rotatable bonds is 29. The van der Waals surface area contributed by atoms with Gasteiger partial charge in [-0.25, -0.2) is 28.6 Å². The van der Waals surface area contributed by atoms with Crippen molar-refractivity contribution in [2.75, 3.05) is 37.8 Å². The lowest BCUT2D eigenvalue weighted by Crippen LogP contribution is -2.46. The van der Waals surface area contributed by atoms with Crippen molar-refractivity contribution in [2.24, 2.45) is 11.3 Å². The summed E-state index contributed by atoms with van der Waals surface area (Å²) in [5, 5.41) is 36.4. The third-order valence-corrected chi connectivity index (χ3v) is 13.5. The van der Waals surface area contributed by atoms with Gasteiger partial charge in [-0.05, 0) is 12.3 Å². The topological polar surface area (TPSA) is 384 Å². The summed E-state index contributed by atoms with van der Waals surface area (Å²) in [6.45, 7) is 4.79. The van der Waals surface area contributed by atoms with Gasteiger partial charge in [0, 0.05) is 37.1 Å². The molecule has 2 aromatic rings. The highest BCUT2D eigenvalue weighted by Crippen LogP contribution is 2.61. The number of hydrogen-bond donors (Lipinski definition) is 10. The van der Waals surface area contributed by atoms with E-state index in [-0.39, 0.29) is 53.8 Å². The van der Waals surface area contributed by atoms with Crippen LogP contribution in [0.4, 0.5) is 5.82 Å².